The van der Waals surface area contributed by atoms with Gasteiger partial charge < -0.3 is 84.9 Å². The summed E-state index contributed by atoms with van der Waals surface area (Å²) in [7, 11) is 0. The van der Waals surface area contributed by atoms with Crippen molar-refractivity contribution >= 4 is 23.6 Å². The first-order valence-electron chi connectivity index (χ1n) is 18.2. The maximum Gasteiger partial charge on any atom is 0.234 e. The molecule has 55 heavy (non-hydrogen) atoms. The fourth-order valence-corrected chi connectivity index (χ4v) is 5.20. The van der Waals surface area contributed by atoms with Crippen LogP contribution in [0.15, 0.2) is 0 Å². The summed E-state index contributed by atoms with van der Waals surface area (Å²) in [5.41, 5.74) is 1.96. The quantitative estimate of drug-likeness (QED) is 0.0151. The topological polar surface area (TPSA) is 349 Å². The fraction of sp³-hybridized carbons (Fsp3) is 0.875. The summed E-state index contributed by atoms with van der Waals surface area (Å²) >= 11 is 0. The predicted molar refractivity (Wildman–Crippen MR) is 184 cm³/mol. The van der Waals surface area contributed by atoms with Crippen molar-refractivity contribution in [3.05, 3.63) is 0 Å². The fourth-order valence-electron chi connectivity index (χ4n) is 5.20. The van der Waals surface area contributed by atoms with E-state index >= 15 is 0 Å². The van der Waals surface area contributed by atoms with Crippen molar-refractivity contribution in [1.82, 2.24) is 21.4 Å². The zero-order valence-electron chi connectivity index (χ0n) is 30.7. The third kappa shape index (κ3) is 18.4. The van der Waals surface area contributed by atoms with E-state index in [9.17, 15) is 54.9 Å². The second kappa shape index (κ2) is 27.8. The number of ether oxygens (including phenoxy) is 7. The average Bonchev–Trinajstić information content (AvgIpc) is 3.18. The molecule has 2 aliphatic rings. The van der Waals surface area contributed by atoms with E-state index in [2.05, 4.69) is 16.0 Å². The number of nitrogens with one attached hydrogen (secondary N) is 4. The van der Waals surface area contributed by atoms with Gasteiger partial charge in [-0.15, -0.1) is 0 Å². The van der Waals surface area contributed by atoms with Crippen molar-refractivity contribution in [3.63, 3.8) is 0 Å². The lowest BCUT2D eigenvalue weighted by Gasteiger charge is -2.45. The molecule has 2 heterocycles. The molecule has 0 saturated carbocycles. The minimum atomic E-state index is -1.79. The van der Waals surface area contributed by atoms with Gasteiger partial charge in [-0.25, -0.2) is 5.84 Å². The highest BCUT2D eigenvalue weighted by Gasteiger charge is 2.50. The summed E-state index contributed by atoms with van der Waals surface area (Å²) in [5.74, 6) is 3.56. The Labute approximate surface area is 318 Å². The van der Waals surface area contributed by atoms with Gasteiger partial charge in [0, 0.05) is 58.5 Å². The maximum atomic E-state index is 12.2. The zero-order chi connectivity index (χ0) is 40.6. The van der Waals surface area contributed by atoms with E-state index in [1.165, 1.54) is 0 Å². The molecule has 0 aliphatic carbocycles. The minimum absolute atomic E-state index is 0.0300. The maximum absolute atomic E-state index is 12.2. The molecular formula is C32H59N5O18. The van der Waals surface area contributed by atoms with Crippen molar-refractivity contribution in [3.8, 4) is 0 Å². The Morgan fingerprint density at radius 3 is 1.49 bits per heavy atom. The summed E-state index contributed by atoms with van der Waals surface area (Å²) in [5, 5.41) is 78.4. The summed E-state index contributed by atoms with van der Waals surface area (Å²) in [6.07, 6.45) is -14.7. The van der Waals surface area contributed by atoms with Crippen molar-refractivity contribution in [1.29, 1.82) is 0 Å². The Morgan fingerprint density at radius 1 is 0.527 bits per heavy atom. The second-order valence-electron chi connectivity index (χ2n) is 12.5. The standard InChI is InChI=1S/C32H59N5O18/c33-37-24(43)6-5-22(41)35-8-2-11-50-14-16-51-15-13-49-10-1-7-34-21(40)3-4-23(42)36-9-12-52-31-29(48)27(46)30(20(18-39)54-31)55-32-28(47)26(45)25(44)19(17-38)53-32/h19-20,25-32,38-39,44-48H,1-18,33H2,(H,34,40)(H,35,41)(H,36,42)(H,37,43)/t19-,20-,25-,26+,27-,28-,29-,30-,31-,32+/m1/s1. The molecule has 0 bridgehead atoms. The Kier molecular flexibility index (Phi) is 24.5. The number of aliphatic hydroxyl groups is 7. The van der Waals surface area contributed by atoms with E-state index in [0.717, 1.165) is 0 Å². The normalized spacial score (nSPS) is 28.0. The number of nitrogens with two attached hydrogens (primary N) is 1. The van der Waals surface area contributed by atoms with Crippen molar-refractivity contribution < 1.29 is 88.1 Å². The van der Waals surface area contributed by atoms with Gasteiger partial charge in [-0.2, -0.15) is 0 Å². The van der Waals surface area contributed by atoms with Crippen molar-refractivity contribution in [2.24, 2.45) is 5.84 Å². The summed E-state index contributed by atoms with van der Waals surface area (Å²) in [6.45, 7) is 1.46. The van der Waals surface area contributed by atoms with Gasteiger partial charge in [-0.05, 0) is 12.8 Å². The molecule has 320 valence electrons. The molecule has 0 spiro atoms. The highest BCUT2D eigenvalue weighted by molar-refractivity contribution is 5.84. The molecule has 23 nitrogen and oxygen atoms in total. The molecule has 0 aromatic carbocycles. The van der Waals surface area contributed by atoms with Gasteiger partial charge in [-0.3, -0.25) is 24.6 Å². The third-order valence-electron chi connectivity index (χ3n) is 8.31. The summed E-state index contributed by atoms with van der Waals surface area (Å²) < 4.78 is 38.0. The van der Waals surface area contributed by atoms with Gasteiger partial charge in [0.2, 0.25) is 23.6 Å². The van der Waals surface area contributed by atoms with Gasteiger partial charge in [-0.1, -0.05) is 0 Å². The van der Waals surface area contributed by atoms with Gasteiger partial charge in [0.05, 0.1) is 46.2 Å². The molecular weight excluding hydrogens is 742 g/mol. The lowest BCUT2D eigenvalue weighted by molar-refractivity contribution is -0.359. The molecule has 13 N–H and O–H groups in total. The van der Waals surface area contributed by atoms with Gasteiger partial charge in [0.15, 0.2) is 12.6 Å². The molecule has 2 aliphatic heterocycles. The molecule has 10 atom stereocenters. The molecule has 4 amide bonds. The average molecular weight is 802 g/mol. The molecule has 23 heteroatoms. The van der Waals surface area contributed by atoms with Crippen LogP contribution in [0.5, 0.6) is 0 Å². The first-order chi connectivity index (χ1) is 26.4. The van der Waals surface area contributed by atoms with Crippen LogP contribution in [-0.4, -0.2) is 200 Å². The zero-order valence-corrected chi connectivity index (χ0v) is 30.7. The summed E-state index contributed by atoms with van der Waals surface area (Å²) in [4.78, 5) is 46.8. The Hall–Kier alpha value is -2.72. The van der Waals surface area contributed by atoms with E-state index in [4.69, 9.17) is 39.0 Å². The van der Waals surface area contributed by atoms with Crippen molar-refractivity contribution in [2.75, 3.05) is 79.1 Å². The molecule has 2 rings (SSSR count). The van der Waals surface area contributed by atoms with Crippen LogP contribution in [0.2, 0.25) is 0 Å². The Balaban J connectivity index is 1.45. The minimum Gasteiger partial charge on any atom is -0.394 e. The van der Waals surface area contributed by atoms with Crippen LogP contribution in [-0.2, 0) is 52.3 Å². The Bertz CT molecular complexity index is 1110. The number of hydrogen-bond acceptors (Lipinski definition) is 19. The SMILES string of the molecule is NNC(=O)CCC(=O)NCCCOCCOCCOCCCNC(=O)CCC(=O)NCCO[C@@H]1O[C@H](CO)[C@@H](O[C@@H]2O[C@H](CO)[C@@H](O)[C@H](O)[C@H]2O)[C@H](O)[C@H]1O. The number of aliphatic hydroxyl groups excluding tert-OH is 7. The Morgan fingerprint density at radius 2 is 0.982 bits per heavy atom. The van der Waals surface area contributed by atoms with E-state index < -0.39 is 86.4 Å². The number of hydrazine groups is 1. The van der Waals surface area contributed by atoms with Gasteiger partial charge in [0.25, 0.3) is 0 Å². The number of carbonyl (C=O) groups excluding carboxylic acids is 4. The predicted octanol–water partition coefficient (Wildman–Crippen LogP) is -6.64. The molecule has 0 aromatic heterocycles. The van der Waals surface area contributed by atoms with Crippen LogP contribution in [0.25, 0.3) is 0 Å². The van der Waals surface area contributed by atoms with Gasteiger partial charge in [0.1, 0.15) is 48.8 Å². The number of carbonyl (C=O) groups is 4. The highest BCUT2D eigenvalue weighted by Crippen LogP contribution is 2.29. The molecule has 0 radical (unpaired) electrons. The van der Waals surface area contributed by atoms with E-state index in [1.54, 1.807) is 0 Å². The van der Waals surface area contributed by atoms with Crippen LogP contribution >= 0.6 is 0 Å². The monoisotopic (exact) mass is 801 g/mol. The van der Waals surface area contributed by atoms with E-state index in [0.29, 0.717) is 65.6 Å². The van der Waals surface area contributed by atoms with Crippen LogP contribution in [0.4, 0.5) is 0 Å². The molecule has 0 aromatic rings. The van der Waals surface area contributed by atoms with Crippen LogP contribution in [0, 0.1) is 0 Å². The van der Waals surface area contributed by atoms with Crippen LogP contribution in [0.3, 0.4) is 0 Å². The van der Waals surface area contributed by atoms with Crippen LogP contribution in [0.1, 0.15) is 38.5 Å². The highest BCUT2D eigenvalue weighted by atomic mass is 16.7. The van der Waals surface area contributed by atoms with E-state index in [-0.39, 0.29) is 50.6 Å². The number of hydrogen-bond donors (Lipinski definition) is 12. The van der Waals surface area contributed by atoms with Crippen LogP contribution < -0.4 is 27.2 Å². The lowest BCUT2D eigenvalue weighted by Crippen LogP contribution is -2.64. The third-order valence-corrected chi connectivity index (χ3v) is 8.31. The first kappa shape index (κ1) is 48.4. The first-order valence-corrected chi connectivity index (χ1v) is 18.2. The molecule has 2 saturated heterocycles. The largest absolute Gasteiger partial charge is 0.394 e. The summed E-state index contributed by atoms with van der Waals surface area (Å²) in [6, 6.07) is 0. The lowest BCUT2D eigenvalue weighted by atomic mass is 9.97. The smallest absolute Gasteiger partial charge is 0.234 e. The number of amides is 4. The van der Waals surface area contributed by atoms with Crippen molar-refractivity contribution in [2.45, 2.75) is 99.9 Å². The molecule has 0 unspecified atom stereocenters. The van der Waals surface area contributed by atoms with E-state index in [1.807, 2.05) is 5.43 Å². The molecule has 2 fully saturated rings. The van der Waals surface area contributed by atoms with Gasteiger partial charge >= 0.3 is 0 Å². The second-order valence-corrected chi connectivity index (χ2v) is 12.5. The number of rotatable bonds is 28.